The van der Waals surface area contributed by atoms with Crippen molar-refractivity contribution < 1.29 is 18.4 Å². The van der Waals surface area contributed by atoms with Gasteiger partial charge < -0.3 is 14.4 Å². The fraction of sp³-hybridized carbons (Fsp3) is 0.269. The first-order chi connectivity index (χ1) is 17.5. The van der Waals surface area contributed by atoms with Crippen molar-refractivity contribution in [2.24, 2.45) is 0 Å². The van der Waals surface area contributed by atoms with E-state index in [-0.39, 0.29) is 29.2 Å². The van der Waals surface area contributed by atoms with E-state index in [1.54, 1.807) is 51.5 Å². The van der Waals surface area contributed by atoms with Gasteiger partial charge in [-0.3, -0.25) is 14.5 Å². The Hall–Kier alpha value is -3.63. The second kappa shape index (κ2) is 9.11. The number of carbonyl (C=O) groups excluding carboxylic acids is 2. The highest BCUT2D eigenvalue weighted by Gasteiger charge is 2.38. The molecule has 10 heteroatoms. The molecule has 2 amide bonds. The smallest absolute Gasteiger partial charge is 0.282 e. The fourth-order valence-corrected chi connectivity index (χ4v) is 5.55. The summed E-state index contributed by atoms with van der Waals surface area (Å²) in [4.78, 5) is 35.4. The molecule has 0 unspecified atom stereocenters. The Morgan fingerprint density at radius 3 is 2.33 bits per heavy atom. The zero-order valence-corrected chi connectivity index (χ0v) is 20.1. The number of halogens is 2. The molecule has 2 aromatic heterocycles. The summed E-state index contributed by atoms with van der Waals surface area (Å²) in [6.07, 6.45) is 3.35. The number of fused-ring (bicyclic) bond motifs is 1. The third kappa shape index (κ3) is 3.96. The molecule has 6 rings (SSSR count). The molecule has 0 bridgehead atoms. The van der Waals surface area contributed by atoms with Crippen molar-refractivity contribution in [3.8, 4) is 5.69 Å². The summed E-state index contributed by atoms with van der Waals surface area (Å²) in [7, 11) is 0. The van der Waals surface area contributed by atoms with Gasteiger partial charge in [0.25, 0.3) is 11.8 Å². The van der Waals surface area contributed by atoms with Gasteiger partial charge >= 0.3 is 0 Å². The molecular formula is C26H23F2N5O2S. The Morgan fingerprint density at radius 2 is 1.64 bits per heavy atom. The summed E-state index contributed by atoms with van der Waals surface area (Å²) >= 11 is 1.35. The van der Waals surface area contributed by atoms with Crippen LogP contribution in [-0.4, -0.2) is 81.4 Å². The lowest BCUT2D eigenvalue weighted by Gasteiger charge is -2.48. The Balaban J connectivity index is 1.09. The van der Waals surface area contributed by atoms with Crippen LogP contribution >= 0.6 is 11.3 Å². The number of nitrogens with zero attached hydrogens (tertiary/aromatic N) is 5. The van der Waals surface area contributed by atoms with Crippen molar-refractivity contribution in [2.75, 3.05) is 39.3 Å². The summed E-state index contributed by atoms with van der Waals surface area (Å²) in [6, 6.07) is 11.1. The molecule has 0 saturated carbocycles. The van der Waals surface area contributed by atoms with Gasteiger partial charge in [-0.05, 0) is 42.5 Å². The lowest BCUT2D eigenvalue weighted by molar-refractivity contribution is 0.00833. The average molecular weight is 508 g/mol. The van der Waals surface area contributed by atoms with Gasteiger partial charge in [0, 0.05) is 74.2 Å². The van der Waals surface area contributed by atoms with E-state index in [9.17, 15) is 14.0 Å². The lowest BCUT2D eigenvalue weighted by atomic mass is 10.0. The SMILES string of the molecule is O=C(c1nccs1)N1CCN(C2CN(C(=O)c3ccc4c(ccn4-c4ccc(F)cc4)c3F)C2)CC1. The van der Waals surface area contributed by atoms with Crippen LogP contribution in [0.4, 0.5) is 8.78 Å². The molecule has 0 aliphatic carbocycles. The predicted molar refractivity (Wildman–Crippen MR) is 132 cm³/mol. The number of aromatic nitrogens is 2. The van der Waals surface area contributed by atoms with Crippen LogP contribution in [0, 0.1) is 11.6 Å². The number of piperazine rings is 1. The van der Waals surface area contributed by atoms with Gasteiger partial charge in [-0.15, -0.1) is 11.3 Å². The highest BCUT2D eigenvalue weighted by molar-refractivity contribution is 7.11. The summed E-state index contributed by atoms with van der Waals surface area (Å²) in [5.41, 5.74) is 1.38. The van der Waals surface area contributed by atoms with Gasteiger partial charge in [0.05, 0.1) is 11.1 Å². The van der Waals surface area contributed by atoms with Crippen molar-refractivity contribution in [1.29, 1.82) is 0 Å². The van der Waals surface area contributed by atoms with Crippen molar-refractivity contribution in [1.82, 2.24) is 24.3 Å². The first-order valence-electron chi connectivity index (χ1n) is 11.8. The zero-order chi connectivity index (χ0) is 24.8. The monoisotopic (exact) mass is 507 g/mol. The topological polar surface area (TPSA) is 61.7 Å². The predicted octanol–water partition coefficient (Wildman–Crippen LogP) is 3.65. The van der Waals surface area contributed by atoms with Gasteiger partial charge in [-0.25, -0.2) is 13.8 Å². The number of hydrogen-bond donors (Lipinski definition) is 0. The van der Waals surface area contributed by atoms with E-state index in [4.69, 9.17) is 0 Å². The molecule has 2 aliphatic rings. The number of likely N-dealkylation sites (tertiary alicyclic amines) is 1. The third-order valence-corrected chi connectivity index (χ3v) is 7.79. The van der Waals surface area contributed by atoms with E-state index in [0.717, 1.165) is 13.1 Å². The molecule has 0 radical (unpaired) electrons. The van der Waals surface area contributed by atoms with Gasteiger partial charge in [-0.2, -0.15) is 0 Å². The molecule has 0 spiro atoms. The minimum Gasteiger partial charge on any atom is -0.335 e. The molecule has 36 heavy (non-hydrogen) atoms. The minimum atomic E-state index is -0.545. The standard InChI is InChI=1S/C26H23F2N5O2S/c27-17-1-3-18(4-2-17)33-9-7-20-22(33)6-5-21(23(20)28)25(34)32-15-19(16-32)30-10-12-31(13-11-30)26(35)24-29-8-14-36-24/h1-9,14,19H,10-13,15-16H2. The number of rotatable bonds is 4. The number of hydrogen-bond acceptors (Lipinski definition) is 5. The molecule has 2 saturated heterocycles. The van der Waals surface area contributed by atoms with Gasteiger partial charge in [0.1, 0.15) is 11.6 Å². The Kier molecular flexibility index (Phi) is 5.77. The molecule has 184 valence electrons. The second-order valence-corrected chi connectivity index (χ2v) is 9.95. The van der Waals surface area contributed by atoms with Crippen molar-refractivity contribution in [2.45, 2.75) is 6.04 Å². The van der Waals surface area contributed by atoms with E-state index in [0.29, 0.717) is 47.8 Å². The summed E-state index contributed by atoms with van der Waals surface area (Å²) in [5, 5.41) is 2.66. The molecular weight excluding hydrogens is 484 g/mol. The maximum absolute atomic E-state index is 15.3. The first kappa shape index (κ1) is 22.8. The first-order valence-corrected chi connectivity index (χ1v) is 12.6. The molecule has 7 nitrogen and oxygen atoms in total. The number of amides is 2. The van der Waals surface area contributed by atoms with Gasteiger partial charge in [-0.1, -0.05) is 0 Å². The average Bonchev–Trinajstić information content (AvgIpc) is 3.55. The van der Waals surface area contributed by atoms with Gasteiger partial charge in [0.2, 0.25) is 0 Å². The number of thiazole rings is 1. The van der Waals surface area contributed by atoms with Crippen LogP contribution in [0.2, 0.25) is 0 Å². The molecule has 2 fully saturated rings. The normalized spacial score (nSPS) is 16.9. The fourth-order valence-electron chi connectivity index (χ4n) is 4.95. The molecule has 4 heterocycles. The Morgan fingerprint density at radius 1 is 0.889 bits per heavy atom. The molecule has 2 aromatic carbocycles. The van der Waals surface area contributed by atoms with E-state index >= 15 is 4.39 Å². The third-order valence-electron chi connectivity index (χ3n) is 7.02. The van der Waals surface area contributed by atoms with Crippen molar-refractivity contribution >= 4 is 34.1 Å². The molecule has 4 aromatic rings. The minimum absolute atomic E-state index is 0.0332. The Labute approximate surface area is 210 Å². The zero-order valence-electron chi connectivity index (χ0n) is 19.3. The van der Waals surface area contributed by atoms with E-state index in [1.807, 2.05) is 4.90 Å². The van der Waals surface area contributed by atoms with Gasteiger partial charge in [0.15, 0.2) is 5.01 Å². The van der Waals surface area contributed by atoms with Crippen LogP contribution < -0.4 is 0 Å². The van der Waals surface area contributed by atoms with Crippen LogP contribution in [0.5, 0.6) is 0 Å². The second-order valence-electron chi connectivity index (χ2n) is 9.05. The van der Waals surface area contributed by atoms with Crippen molar-refractivity contribution in [3.63, 3.8) is 0 Å². The summed E-state index contributed by atoms with van der Waals surface area (Å²) in [5.74, 6) is -1.24. The van der Waals surface area contributed by atoms with Crippen molar-refractivity contribution in [3.05, 3.63) is 82.4 Å². The maximum Gasteiger partial charge on any atom is 0.282 e. The lowest BCUT2D eigenvalue weighted by Crippen LogP contribution is -2.64. The largest absolute Gasteiger partial charge is 0.335 e. The molecule has 0 N–H and O–H groups in total. The van der Waals surface area contributed by atoms with Crippen LogP contribution in [0.25, 0.3) is 16.6 Å². The Bertz CT molecular complexity index is 1420. The highest BCUT2D eigenvalue weighted by Crippen LogP contribution is 2.28. The molecule has 2 aliphatic heterocycles. The highest BCUT2D eigenvalue weighted by atomic mass is 32.1. The maximum atomic E-state index is 15.3. The van der Waals surface area contributed by atoms with E-state index in [1.165, 1.54) is 29.5 Å². The number of carbonyl (C=O) groups is 2. The van der Waals surface area contributed by atoms with E-state index in [2.05, 4.69) is 9.88 Å². The van der Waals surface area contributed by atoms with Crippen LogP contribution in [0.3, 0.4) is 0 Å². The molecule has 0 atom stereocenters. The van der Waals surface area contributed by atoms with Crippen LogP contribution in [-0.2, 0) is 0 Å². The van der Waals surface area contributed by atoms with Crippen LogP contribution in [0.1, 0.15) is 20.2 Å². The van der Waals surface area contributed by atoms with E-state index < -0.39 is 5.82 Å². The summed E-state index contributed by atoms with van der Waals surface area (Å²) < 4.78 is 30.4. The summed E-state index contributed by atoms with van der Waals surface area (Å²) in [6.45, 7) is 3.79. The quantitative estimate of drug-likeness (QED) is 0.423. The number of benzene rings is 2. The van der Waals surface area contributed by atoms with Crippen LogP contribution in [0.15, 0.2) is 60.2 Å².